The van der Waals surface area contributed by atoms with Crippen LogP contribution in [0.2, 0.25) is 0 Å². The van der Waals surface area contributed by atoms with Crippen LogP contribution in [0.15, 0.2) is 41.8 Å². The number of amides is 2. The standard InChI is InChI=1S/C15H17N3O2S/c1-17-13(19)9-10-5-2-3-6-11(10)18-15(20)14(16)12-7-4-8-21-12/h2-8,14H,9,16H2,1H3,(H,17,19)(H,18,20). The number of likely N-dealkylation sites (N-methyl/N-ethyl adjacent to an activating group) is 1. The Morgan fingerprint density at radius 3 is 2.67 bits per heavy atom. The van der Waals surface area contributed by atoms with Crippen molar-refractivity contribution >= 4 is 28.8 Å². The summed E-state index contributed by atoms with van der Waals surface area (Å²) >= 11 is 1.44. The van der Waals surface area contributed by atoms with Crippen LogP contribution in [0.5, 0.6) is 0 Å². The lowest BCUT2D eigenvalue weighted by molar-refractivity contribution is -0.120. The number of anilines is 1. The summed E-state index contributed by atoms with van der Waals surface area (Å²) in [6.45, 7) is 0. The van der Waals surface area contributed by atoms with Gasteiger partial charge in [-0.3, -0.25) is 9.59 Å². The lowest BCUT2D eigenvalue weighted by atomic mass is 10.1. The molecule has 1 aromatic heterocycles. The number of carbonyl (C=O) groups excluding carboxylic acids is 2. The molecule has 0 fully saturated rings. The Morgan fingerprint density at radius 2 is 2.00 bits per heavy atom. The van der Waals surface area contributed by atoms with Crippen LogP contribution in [0.25, 0.3) is 0 Å². The fourth-order valence-electron chi connectivity index (χ4n) is 1.87. The Hall–Kier alpha value is -2.18. The average molecular weight is 303 g/mol. The highest BCUT2D eigenvalue weighted by Gasteiger charge is 2.18. The van der Waals surface area contributed by atoms with Crippen LogP contribution in [-0.2, 0) is 16.0 Å². The fourth-order valence-corrected chi connectivity index (χ4v) is 2.59. The zero-order chi connectivity index (χ0) is 15.2. The average Bonchev–Trinajstić information content (AvgIpc) is 3.02. The van der Waals surface area contributed by atoms with Crippen molar-refractivity contribution in [3.63, 3.8) is 0 Å². The van der Waals surface area contributed by atoms with Crippen molar-refractivity contribution < 1.29 is 9.59 Å². The molecule has 0 aliphatic rings. The molecule has 6 heteroatoms. The Balaban J connectivity index is 2.12. The van der Waals surface area contributed by atoms with Gasteiger partial charge in [-0.05, 0) is 23.1 Å². The van der Waals surface area contributed by atoms with Crippen LogP contribution in [0.4, 0.5) is 5.69 Å². The third-order valence-electron chi connectivity index (χ3n) is 3.04. The third-order valence-corrected chi connectivity index (χ3v) is 3.99. The largest absolute Gasteiger partial charge is 0.359 e. The number of nitrogens with two attached hydrogens (primary N) is 1. The van der Waals surface area contributed by atoms with E-state index in [9.17, 15) is 9.59 Å². The molecular formula is C15H17N3O2S. The lowest BCUT2D eigenvalue weighted by Gasteiger charge is -2.13. The zero-order valence-corrected chi connectivity index (χ0v) is 12.4. The molecule has 0 spiro atoms. The highest BCUT2D eigenvalue weighted by Crippen LogP contribution is 2.21. The Labute approximate surface area is 127 Å². The predicted molar refractivity (Wildman–Crippen MR) is 84.1 cm³/mol. The van der Waals surface area contributed by atoms with E-state index in [0.717, 1.165) is 10.4 Å². The smallest absolute Gasteiger partial charge is 0.246 e. The fraction of sp³-hybridized carbons (Fsp3) is 0.200. The number of para-hydroxylation sites is 1. The van der Waals surface area contributed by atoms with E-state index in [4.69, 9.17) is 5.73 Å². The molecule has 2 aromatic rings. The van der Waals surface area contributed by atoms with E-state index in [1.54, 1.807) is 19.2 Å². The van der Waals surface area contributed by atoms with Crippen LogP contribution >= 0.6 is 11.3 Å². The summed E-state index contributed by atoms with van der Waals surface area (Å²) in [6, 6.07) is 10.2. The first kappa shape index (κ1) is 15.2. The van der Waals surface area contributed by atoms with Gasteiger partial charge in [0.2, 0.25) is 11.8 Å². The maximum Gasteiger partial charge on any atom is 0.246 e. The molecule has 1 heterocycles. The number of hydrogen-bond acceptors (Lipinski definition) is 4. The van der Waals surface area contributed by atoms with Gasteiger partial charge >= 0.3 is 0 Å². The van der Waals surface area contributed by atoms with Gasteiger partial charge in [0, 0.05) is 17.6 Å². The number of benzene rings is 1. The molecule has 0 bridgehead atoms. The number of nitrogens with one attached hydrogen (secondary N) is 2. The van der Waals surface area contributed by atoms with Crippen LogP contribution in [0.1, 0.15) is 16.5 Å². The molecule has 0 saturated heterocycles. The molecule has 0 aliphatic carbocycles. The van der Waals surface area contributed by atoms with E-state index in [0.29, 0.717) is 5.69 Å². The number of thiophene rings is 1. The van der Waals surface area contributed by atoms with Gasteiger partial charge in [-0.2, -0.15) is 0 Å². The van der Waals surface area contributed by atoms with Crippen molar-refractivity contribution in [3.8, 4) is 0 Å². The molecule has 21 heavy (non-hydrogen) atoms. The van der Waals surface area contributed by atoms with E-state index in [1.807, 2.05) is 29.6 Å². The van der Waals surface area contributed by atoms with E-state index >= 15 is 0 Å². The van der Waals surface area contributed by atoms with E-state index in [2.05, 4.69) is 10.6 Å². The molecule has 5 nitrogen and oxygen atoms in total. The normalized spacial score (nSPS) is 11.7. The summed E-state index contributed by atoms with van der Waals surface area (Å²) in [6.07, 6.45) is 0.210. The number of rotatable bonds is 5. The van der Waals surface area contributed by atoms with Crippen LogP contribution in [0, 0.1) is 0 Å². The Morgan fingerprint density at radius 1 is 1.24 bits per heavy atom. The highest BCUT2D eigenvalue weighted by atomic mass is 32.1. The first-order valence-electron chi connectivity index (χ1n) is 6.50. The molecule has 1 unspecified atom stereocenters. The molecular weight excluding hydrogens is 286 g/mol. The molecule has 0 saturated carbocycles. The second kappa shape index (κ2) is 7.01. The Bertz CT molecular complexity index is 626. The van der Waals surface area contributed by atoms with Gasteiger partial charge in [-0.25, -0.2) is 0 Å². The predicted octanol–water partition coefficient (Wildman–Crippen LogP) is 1.68. The first-order chi connectivity index (χ1) is 10.1. The summed E-state index contributed by atoms with van der Waals surface area (Å²) in [4.78, 5) is 24.5. The van der Waals surface area contributed by atoms with Crippen molar-refractivity contribution in [2.24, 2.45) is 5.73 Å². The summed E-state index contributed by atoms with van der Waals surface area (Å²) in [5, 5.41) is 7.23. The molecule has 110 valence electrons. The van der Waals surface area contributed by atoms with Gasteiger partial charge in [0.05, 0.1) is 6.42 Å². The topological polar surface area (TPSA) is 84.2 Å². The molecule has 0 radical (unpaired) electrons. The molecule has 2 amide bonds. The Kier molecular flexibility index (Phi) is 5.08. The van der Waals surface area contributed by atoms with Crippen molar-refractivity contribution in [1.82, 2.24) is 5.32 Å². The van der Waals surface area contributed by atoms with Crippen molar-refractivity contribution in [3.05, 3.63) is 52.2 Å². The van der Waals surface area contributed by atoms with Crippen LogP contribution in [0.3, 0.4) is 0 Å². The summed E-state index contributed by atoms with van der Waals surface area (Å²) in [5.41, 5.74) is 7.29. The van der Waals surface area contributed by atoms with Crippen LogP contribution < -0.4 is 16.4 Å². The molecule has 0 aliphatic heterocycles. The van der Waals surface area contributed by atoms with E-state index in [-0.39, 0.29) is 18.2 Å². The third kappa shape index (κ3) is 3.90. The molecule has 4 N–H and O–H groups in total. The van der Waals surface area contributed by atoms with Gasteiger partial charge in [0.1, 0.15) is 6.04 Å². The van der Waals surface area contributed by atoms with Crippen molar-refractivity contribution in [2.45, 2.75) is 12.5 Å². The van der Waals surface area contributed by atoms with Gasteiger partial charge in [-0.1, -0.05) is 24.3 Å². The van der Waals surface area contributed by atoms with E-state index < -0.39 is 6.04 Å². The van der Waals surface area contributed by atoms with Crippen LogP contribution in [-0.4, -0.2) is 18.9 Å². The summed E-state index contributed by atoms with van der Waals surface area (Å²) in [7, 11) is 1.58. The minimum Gasteiger partial charge on any atom is -0.359 e. The van der Waals surface area contributed by atoms with Gasteiger partial charge in [0.25, 0.3) is 0 Å². The quantitative estimate of drug-likeness (QED) is 0.785. The van der Waals surface area contributed by atoms with Gasteiger partial charge < -0.3 is 16.4 Å². The SMILES string of the molecule is CNC(=O)Cc1ccccc1NC(=O)C(N)c1cccs1. The molecule has 2 rings (SSSR count). The van der Waals surface area contributed by atoms with Crippen molar-refractivity contribution in [1.29, 1.82) is 0 Å². The molecule has 1 aromatic carbocycles. The summed E-state index contributed by atoms with van der Waals surface area (Å²) in [5.74, 6) is -0.402. The highest BCUT2D eigenvalue weighted by molar-refractivity contribution is 7.10. The minimum absolute atomic E-state index is 0.112. The van der Waals surface area contributed by atoms with Crippen molar-refractivity contribution in [2.75, 3.05) is 12.4 Å². The van der Waals surface area contributed by atoms with Gasteiger partial charge in [0.15, 0.2) is 0 Å². The second-order valence-corrected chi connectivity index (χ2v) is 5.47. The van der Waals surface area contributed by atoms with Gasteiger partial charge in [-0.15, -0.1) is 11.3 Å². The minimum atomic E-state index is -0.710. The zero-order valence-electron chi connectivity index (χ0n) is 11.6. The first-order valence-corrected chi connectivity index (χ1v) is 7.38. The monoisotopic (exact) mass is 303 g/mol. The lowest BCUT2D eigenvalue weighted by Crippen LogP contribution is -2.28. The number of hydrogen-bond donors (Lipinski definition) is 3. The maximum absolute atomic E-state index is 12.2. The summed E-state index contributed by atoms with van der Waals surface area (Å²) < 4.78 is 0. The maximum atomic E-state index is 12.2. The molecule has 1 atom stereocenters. The number of carbonyl (C=O) groups is 2. The van der Waals surface area contributed by atoms with E-state index in [1.165, 1.54) is 11.3 Å². The second-order valence-electron chi connectivity index (χ2n) is 4.49.